The first-order chi connectivity index (χ1) is 9.22. The first kappa shape index (κ1) is 13.7. The average molecular weight is 277 g/mol. The minimum absolute atomic E-state index is 0.148. The molecule has 0 fully saturated rings. The first-order valence-electron chi connectivity index (χ1n) is 6.50. The molecule has 0 aromatic carbocycles. The minimum Gasteiger partial charge on any atom is -0.370 e. The van der Waals surface area contributed by atoms with Gasteiger partial charge in [0.1, 0.15) is 23.0 Å². The van der Waals surface area contributed by atoms with Crippen molar-refractivity contribution in [3.63, 3.8) is 0 Å². The Labute approximate surface area is 117 Å². The van der Waals surface area contributed by atoms with Crippen molar-refractivity contribution in [1.29, 1.82) is 0 Å². The highest BCUT2D eigenvalue weighted by Gasteiger charge is 2.10. The van der Waals surface area contributed by atoms with Crippen molar-refractivity contribution < 1.29 is 0 Å². The van der Waals surface area contributed by atoms with Crippen LogP contribution in [-0.2, 0) is 6.42 Å². The Morgan fingerprint density at radius 2 is 2.00 bits per heavy atom. The summed E-state index contributed by atoms with van der Waals surface area (Å²) in [5.41, 5.74) is 0. The van der Waals surface area contributed by atoms with Gasteiger partial charge in [0, 0.05) is 23.7 Å². The number of thiazole rings is 1. The van der Waals surface area contributed by atoms with Crippen molar-refractivity contribution in [1.82, 2.24) is 15.0 Å². The third kappa shape index (κ3) is 3.64. The van der Waals surface area contributed by atoms with E-state index in [0.29, 0.717) is 0 Å². The molecule has 0 aliphatic heterocycles. The molecule has 102 valence electrons. The highest BCUT2D eigenvalue weighted by Crippen LogP contribution is 2.23. The minimum atomic E-state index is 0.148. The van der Waals surface area contributed by atoms with Crippen LogP contribution in [0, 0.1) is 0 Å². The largest absolute Gasteiger partial charge is 0.370 e. The highest BCUT2D eigenvalue weighted by molar-refractivity contribution is 7.11. The molecule has 0 spiro atoms. The Bertz CT molecular complexity index is 525. The van der Waals surface area contributed by atoms with Gasteiger partial charge in [-0.25, -0.2) is 15.0 Å². The number of aromatic nitrogens is 3. The Morgan fingerprint density at radius 1 is 1.21 bits per heavy atom. The second kappa shape index (κ2) is 6.47. The van der Waals surface area contributed by atoms with E-state index in [9.17, 15) is 0 Å². The third-order valence-corrected chi connectivity index (χ3v) is 4.00. The molecule has 5 nitrogen and oxygen atoms in total. The fourth-order valence-electron chi connectivity index (χ4n) is 1.68. The van der Waals surface area contributed by atoms with Gasteiger partial charge in [-0.05, 0) is 20.3 Å². The van der Waals surface area contributed by atoms with Crippen molar-refractivity contribution in [3.8, 4) is 0 Å². The lowest BCUT2D eigenvalue weighted by atomic mass is 10.3. The van der Waals surface area contributed by atoms with Crippen LogP contribution < -0.4 is 10.6 Å². The van der Waals surface area contributed by atoms with Gasteiger partial charge in [0.15, 0.2) is 0 Å². The zero-order chi connectivity index (χ0) is 13.7. The lowest BCUT2D eigenvalue weighted by molar-refractivity contribution is 0.858. The molecule has 2 heterocycles. The van der Waals surface area contributed by atoms with Gasteiger partial charge in [0.2, 0.25) is 0 Å². The molecule has 2 N–H and O–H groups in total. The fraction of sp³-hybridized carbons (Fsp3) is 0.462. The van der Waals surface area contributed by atoms with Crippen LogP contribution in [0.5, 0.6) is 0 Å². The summed E-state index contributed by atoms with van der Waals surface area (Å²) in [4.78, 5) is 14.1. The molecule has 0 saturated carbocycles. The second-order valence-corrected chi connectivity index (χ2v) is 5.35. The van der Waals surface area contributed by atoms with Crippen LogP contribution in [0.15, 0.2) is 18.6 Å². The number of hydrogen-bond donors (Lipinski definition) is 2. The maximum Gasteiger partial charge on any atom is 0.132 e. The zero-order valence-electron chi connectivity index (χ0n) is 11.5. The molecule has 0 radical (unpaired) electrons. The summed E-state index contributed by atoms with van der Waals surface area (Å²) < 4.78 is 0. The molecule has 2 aromatic rings. The Kier molecular flexibility index (Phi) is 4.68. The van der Waals surface area contributed by atoms with Crippen molar-refractivity contribution in [2.75, 3.05) is 17.2 Å². The standard InChI is InChI=1S/C13H19N5S/c1-4-10-7-15-13(19-10)9(3)18-12-6-11(14-5-2)16-8-17-12/h6-9H,4-5H2,1-3H3,(H2,14,16,17,18). The maximum atomic E-state index is 4.44. The summed E-state index contributed by atoms with van der Waals surface area (Å²) in [5.74, 6) is 1.65. The van der Waals surface area contributed by atoms with Crippen LogP contribution >= 0.6 is 11.3 Å². The van der Waals surface area contributed by atoms with Crippen LogP contribution in [0.2, 0.25) is 0 Å². The Morgan fingerprint density at radius 3 is 2.68 bits per heavy atom. The quantitative estimate of drug-likeness (QED) is 0.849. The van der Waals surface area contributed by atoms with Crippen LogP contribution in [0.3, 0.4) is 0 Å². The third-order valence-electron chi connectivity index (χ3n) is 2.68. The first-order valence-corrected chi connectivity index (χ1v) is 7.31. The van der Waals surface area contributed by atoms with Crippen LogP contribution in [0.1, 0.15) is 36.7 Å². The van der Waals surface area contributed by atoms with Gasteiger partial charge in [0.05, 0.1) is 6.04 Å². The molecule has 1 atom stereocenters. The summed E-state index contributed by atoms with van der Waals surface area (Å²) >= 11 is 1.74. The highest BCUT2D eigenvalue weighted by atomic mass is 32.1. The molecule has 2 rings (SSSR count). The van der Waals surface area contributed by atoms with Crippen molar-refractivity contribution in [2.24, 2.45) is 0 Å². The van der Waals surface area contributed by atoms with E-state index in [1.165, 1.54) is 4.88 Å². The number of aryl methyl sites for hydroxylation is 1. The van der Waals surface area contributed by atoms with Crippen molar-refractivity contribution in [2.45, 2.75) is 33.2 Å². The van der Waals surface area contributed by atoms with E-state index in [1.54, 1.807) is 17.7 Å². The molecule has 1 unspecified atom stereocenters. The SMILES string of the molecule is CCNc1cc(NC(C)c2ncc(CC)s2)ncn1. The predicted octanol–water partition coefficient (Wildman–Crippen LogP) is 3.10. The molecule has 0 saturated heterocycles. The van der Waals surface area contributed by atoms with Gasteiger partial charge in [0.25, 0.3) is 0 Å². The fourth-order valence-corrected chi connectivity index (χ4v) is 2.54. The van der Waals surface area contributed by atoms with Crippen LogP contribution in [-0.4, -0.2) is 21.5 Å². The maximum absolute atomic E-state index is 4.44. The molecule has 0 bridgehead atoms. The number of rotatable bonds is 6. The molecular formula is C13H19N5S. The van der Waals surface area contributed by atoms with E-state index < -0.39 is 0 Å². The topological polar surface area (TPSA) is 62.7 Å². The van der Waals surface area contributed by atoms with Crippen LogP contribution in [0.25, 0.3) is 0 Å². The molecule has 0 aliphatic rings. The lowest BCUT2D eigenvalue weighted by Crippen LogP contribution is -2.08. The summed E-state index contributed by atoms with van der Waals surface area (Å²) in [7, 11) is 0. The Balaban J connectivity index is 2.05. The van der Waals surface area contributed by atoms with Gasteiger partial charge in [-0.2, -0.15) is 0 Å². The number of hydrogen-bond acceptors (Lipinski definition) is 6. The van der Waals surface area contributed by atoms with Crippen molar-refractivity contribution in [3.05, 3.63) is 28.5 Å². The van der Waals surface area contributed by atoms with Gasteiger partial charge in [-0.1, -0.05) is 6.92 Å². The molecule has 0 aliphatic carbocycles. The molecular weight excluding hydrogens is 258 g/mol. The summed E-state index contributed by atoms with van der Waals surface area (Å²) in [6.07, 6.45) is 4.54. The summed E-state index contributed by atoms with van der Waals surface area (Å²) in [5, 5.41) is 7.60. The Hall–Kier alpha value is -1.69. The normalized spacial score (nSPS) is 12.2. The van der Waals surface area contributed by atoms with E-state index >= 15 is 0 Å². The lowest BCUT2D eigenvalue weighted by Gasteiger charge is -2.12. The van der Waals surface area contributed by atoms with Crippen LogP contribution in [0.4, 0.5) is 11.6 Å². The van der Waals surface area contributed by atoms with Gasteiger partial charge < -0.3 is 10.6 Å². The second-order valence-electron chi connectivity index (χ2n) is 4.20. The molecule has 0 amide bonds. The zero-order valence-corrected chi connectivity index (χ0v) is 12.3. The van der Waals surface area contributed by atoms with Crippen molar-refractivity contribution >= 4 is 23.0 Å². The molecule has 6 heteroatoms. The summed E-state index contributed by atoms with van der Waals surface area (Å²) in [6, 6.07) is 2.06. The average Bonchev–Trinajstić information content (AvgIpc) is 2.88. The molecule has 2 aromatic heterocycles. The van der Waals surface area contributed by atoms with E-state index in [4.69, 9.17) is 0 Å². The van der Waals surface area contributed by atoms with E-state index in [0.717, 1.165) is 29.6 Å². The van der Waals surface area contributed by atoms with Gasteiger partial charge in [-0.15, -0.1) is 11.3 Å². The number of anilines is 2. The number of nitrogens with one attached hydrogen (secondary N) is 2. The predicted molar refractivity (Wildman–Crippen MR) is 79.7 cm³/mol. The van der Waals surface area contributed by atoms with E-state index in [-0.39, 0.29) is 6.04 Å². The van der Waals surface area contributed by atoms with Gasteiger partial charge in [-0.3, -0.25) is 0 Å². The van der Waals surface area contributed by atoms with E-state index in [1.807, 2.05) is 19.2 Å². The van der Waals surface area contributed by atoms with Gasteiger partial charge >= 0.3 is 0 Å². The smallest absolute Gasteiger partial charge is 0.132 e. The van der Waals surface area contributed by atoms with E-state index in [2.05, 4.69) is 39.4 Å². The summed E-state index contributed by atoms with van der Waals surface area (Å²) in [6.45, 7) is 7.12. The molecule has 19 heavy (non-hydrogen) atoms. The number of nitrogens with zero attached hydrogens (tertiary/aromatic N) is 3. The monoisotopic (exact) mass is 277 g/mol.